The van der Waals surface area contributed by atoms with Crippen molar-refractivity contribution in [3.05, 3.63) is 65.0 Å². The predicted molar refractivity (Wildman–Crippen MR) is 92.5 cm³/mol. The summed E-state index contributed by atoms with van der Waals surface area (Å²) >= 11 is 0. The first-order valence-electron chi connectivity index (χ1n) is 8.15. The van der Waals surface area contributed by atoms with Crippen LogP contribution in [0.3, 0.4) is 0 Å². The van der Waals surface area contributed by atoms with E-state index >= 15 is 0 Å². The summed E-state index contributed by atoms with van der Waals surface area (Å²) in [6.07, 6.45) is 0. The lowest BCUT2D eigenvalue weighted by molar-refractivity contribution is -0.125. The number of carbonyl (C=O) groups is 3. The molecule has 1 aliphatic rings. The van der Waals surface area contributed by atoms with Crippen molar-refractivity contribution in [2.24, 2.45) is 0 Å². The number of rotatable bonds is 6. The quantitative estimate of drug-likeness (QED) is 0.621. The number of carbonyl (C=O) groups excluding carboxylic acids is 3. The Labute approximate surface area is 154 Å². The van der Waals surface area contributed by atoms with Crippen LogP contribution in [0.25, 0.3) is 0 Å². The van der Waals surface area contributed by atoms with E-state index in [1.54, 1.807) is 24.3 Å². The number of benzene rings is 2. The molecule has 3 amide bonds. The Bertz CT molecular complexity index is 883. The van der Waals surface area contributed by atoms with E-state index in [2.05, 4.69) is 5.32 Å². The van der Waals surface area contributed by atoms with Crippen LogP contribution in [-0.2, 0) is 22.7 Å². The zero-order valence-electron chi connectivity index (χ0n) is 14.5. The average Bonchev–Trinajstić information content (AvgIpc) is 2.98. The zero-order chi connectivity index (χ0) is 19.4. The molecular formula is C19H17FN2O5. The molecule has 0 radical (unpaired) electrons. The standard InChI is InChI=1S/C19H17FN2O5/c1-26-16-7-6-14(20)8-13(16)11-27-18(24)15-5-3-2-4-12(15)10-22-17(23)9-21-19(22)25/h2-8H,9-11H2,1H3,(H,21,25). The monoisotopic (exact) mass is 372 g/mol. The maximum absolute atomic E-state index is 13.4. The molecule has 1 saturated heterocycles. The van der Waals surface area contributed by atoms with Crippen molar-refractivity contribution in [3.63, 3.8) is 0 Å². The van der Waals surface area contributed by atoms with Gasteiger partial charge in [0.15, 0.2) is 0 Å². The van der Waals surface area contributed by atoms with Crippen LogP contribution in [0.1, 0.15) is 21.5 Å². The summed E-state index contributed by atoms with van der Waals surface area (Å²) in [5.41, 5.74) is 1.08. The Hall–Kier alpha value is -3.42. The van der Waals surface area contributed by atoms with E-state index in [1.807, 2.05) is 0 Å². The first-order valence-corrected chi connectivity index (χ1v) is 8.15. The lowest BCUT2D eigenvalue weighted by Crippen LogP contribution is -2.31. The third-order valence-corrected chi connectivity index (χ3v) is 4.10. The number of hydrogen-bond donors (Lipinski definition) is 1. The molecule has 0 bridgehead atoms. The highest BCUT2D eigenvalue weighted by molar-refractivity contribution is 6.02. The highest BCUT2D eigenvalue weighted by Crippen LogP contribution is 2.21. The number of amides is 3. The predicted octanol–water partition coefficient (Wildman–Crippen LogP) is 2.24. The second-order valence-corrected chi connectivity index (χ2v) is 5.83. The number of methoxy groups -OCH3 is 1. The van der Waals surface area contributed by atoms with Crippen molar-refractivity contribution in [1.29, 1.82) is 0 Å². The molecule has 1 N–H and O–H groups in total. The summed E-state index contributed by atoms with van der Waals surface area (Å²) in [6.45, 7) is -0.290. The molecule has 0 unspecified atom stereocenters. The Kier molecular flexibility index (Phi) is 5.35. The fourth-order valence-electron chi connectivity index (χ4n) is 2.72. The largest absolute Gasteiger partial charge is 0.496 e. The second kappa shape index (κ2) is 7.86. The van der Waals surface area contributed by atoms with E-state index < -0.39 is 17.8 Å². The van der Waals surface area contributed by atoms with Crippen LogP contribution in [0.4, 0.5) is 9.18 Å². The van der Waals surface area contributed by atoms with Gasteiger partial charge in [-0.3, -0.25) is 9.69 Å². The summed E-state index contributed by atoms with van der Waals surface area (Å²) in [5.74, 6) is -1.09. The maximum atomic E-state index is 13.4. The topological polar surface area (TPSA) is 84.9 Å². The van der Waals surface area contributed by atoms with Crippen LogP contribution in [-0.4, -0.2) is 36.5 Å². The minimum absolute atomic E-state index is 0.0424. The molecule has 2 aromatic carbocycles. The molecule has 8 heteroatoms. The van der Waals surface area contributed by atoms with Crippen LogP contribution < -0.4 is 10.1 Å². The van der Waals surface area contributed by atoms with Crippen molar-refractivity contribution in [1.82, 2.24) is 10.2 Å². The van der Waals surface area contributed by atoms with Crippen molar-refractivity contribution in [2.75, 3.05) is 13.7 Å². The number of imide groups is 1. The van der Waals surface area contributed by atoms with Crippen molar-refractivity contribution < 1.29 is 28.2 Å². The molecule has 3 rings (SSSR count). The normalized spacial score (nSPS) is 13.5. The van der Waals surface area contributed by atoms with E-state index in [0.717, 1.165) is 4.90 Å². The Morgan fingerprint density at radius 3 is 2.67 bits per heavy atom. The fourth-order valence-corrected chi connectivity index (χ4v) is 2.72. The molecule has 140 valence electrons. The first-order chi connectivity index (χ1) is 13.0. The minimum Gasteiger partial charge on any atom is -0.496 e. The van der Waals surface area contributed by atoms with Gasteiger partial charge in [-0.1, -0.05) is 18.2 Å². The minimum atomic E-state index is -0.649. The van der Waals surface area contributed by atoms with Crippen LogP contribution >= 0.6 is 0 Å². The van der Waals surface area contributed by atoms with Gasteiger partial charge in [0, 0.05) is 5.56 Å². The van der Waals surface area contributed by atoms with Gasteiger partial charge in [-0.25, -0.2) is 14.0 Å². The van der Waals surface area contributed by atoms with Gasteiger partial charge in [-0.05, 0) is 29.8 Å². The molecule has 0 aromatic heterocycles. The molecular weight excluding hydrogens is 355 g/mol. The van der Waals surface area contributed by atoms with E-state index in [4.69, 9.17) is 9.47 Å². The highest BCUT2D eigenvalue weighted by Gasteiger charge is 2.29. The molecule has 0 saturated carbocycles. The Balaban J connectivity index is 1.75. The number of ether oxygens (including phenoxy) is 2. The molecule has 7 nitrogen and oxygen atoms in total. The van der Waals surface area contributed by atoms with Gasteiger partial charge >= 0.3 is 12.0 Å². The number of nitrogens with one attached hydrogen (secondary N) is 1. The third-order valence-electron chi connectivity index (χ3n) is 4.10. The van der Waals surface area contributed by atoms with Gasteiger partial charge in [0.05, 0.1) is 25.8 Å². The molecule has 1 aliphatic heterocycles. The van der Waals surface area contributed by atoms with Crippen LogP contribution in [0.15, 0.2) is 42.5 Å². The molecule has 0 atom stereocenters. The number of hydrogen-bond acceptors (Lipinski definition) is 5. The van der Waals surface area contributed by atoms with E-state index in [0.29, 0.717) is 16.9 Å². The number of nitrogens with zero attached hydrogens (tertiary/aromatic N) is 1. The summed E-state index contributed by atoms with van der Waals surface area (Å²) in [4.78, 5) is 37.0. The average molecular weight is 372 g/mol. The van der Waals surface area contributed by atoms with Gasteiger partial charge in [0.25, 0.3) is 0 Å². The first kappa shape index (κ1) is 18.4. The molecule has 1 heterocycles. The van der Waals surface area contributed by atoms with Gasteiger partial charge in [-0.15, -0.1) is 0 Å². The second-order valence-electron chi connectivity index (χ2n) is 5.83. The maximum Gasteiger partial charge on any atom is 0.338 e. The smallest absolute Gasteiger partial charge is 0.338 e. The van der Waals surface area contributed by atoms with Crippen molar-refractivity contribution in [2.45, 2.75) is 13.2 Å². The lowest BCUT2D eigenvalue weighted by Gasteiger charge is -2.15. The highest BCUT2D eigenvalue weighted by atomic mass is 19.1. The number of halogens is 1. The Morgan fingerprint density at radius 2 is 1.96 bits per heavy atom. The van der Waals surface area contributed by atoms with Crippen LogP contribution in [0.5, 0.6) is 5.75 Å². The molecule has 1 fully saturated rings. The van der Waals surface area contributed by atoms with Gasteiger partial charge in [0.2, 0.25) is 5.91 Å². The SMILES string of the molecule is COc1ccc(F)cc1COC(=O)c1ccccc1CN1C(=O)CNC1=O. The van der Waals surface area contributed by atoms with Gasteiger partial charge in [0.1, 0.15) is 18.2 Å². The van der Waals surface area contributed by atoms with E-state index in [9.17, 15) is 18.8 Å². The summed E-state index contributed by atoms with van der Waals surface area (Å²) in [7, 11) is 1.44. The van der Waals surface area contributed by atoms with Gasteiger partial charge < -0.3 is 14.8 Å². The molecule has 0 spiro atoms. The number of urea groups is 1. The van der Waals surface area contributed by atoms with E-state index in [1.165, 1.54) is 25.3 Å². The summed E-state index contributed by atoms with van der Waals surface area (Å²) in [5, 5.41) is 2.42. The Morgan fingerprint density at radius 1 is 1.19 bits per heavy atom. The van der Waals surface area contributed by atoms with Crippen molar-refractivity contribution in [3.8, 4) is 5.75 Å². The van der Waals surface area contributed by atoms with Crippen molar-refractivity contribution >= 4 is 17.9 Å². The molecule has 0 aliphatic carbocycles. The van der Waals surface area contributed by atoms with Crippen LogP contribution in [0, 0.1) is 5.82 Å². The van der Waals surface area contributed by atoms with E-state index in [-0.39, 0.29) is 31.2 Å². The van der Waals surface area contributed by atoms with Crippen LogP contribution in [0.2, 0.25) is 0 Å². The summed E-state index contributed by atoms with van der Waals surface area (Å²) in [6, 6.07) is 9.94. The fraction of sp³-hybridized carbons (Fsp3) is 0.211. The summed E-state index contributed by atoms with van der Waals surface area (Å²) < 4.78 is 23.8. The van der Waals surface area contributed by atoms with Gasteiger partial charge in [-0.2, -0.15) is 0 Å². The lowest BCUT2D eigenvalue weighted by atomic mass is 10.1. The molecule has 2 aromatic rings. The molecule has 27 heavy (non-hydrogen) atoms. The number of esters is 1. The third kappa shape index (κ3) is 4.05. The zero-order valence-corrected chi connectivity index (χ0v) is 14.5.